The highest BCUT2D eigenvalue weighted by Gasteiger charge is 2.20. The molecule has 2 aromatic rings. The second kappa shape index (κ2) is 13.6. The predicted molar refractivity (Wildman–Crippen MR) is 124 cm³/mol. The first-order chi connectivity index (χ1) is 13.9. The van der Waals surface area contributed by atoms with Gasteiger partial charge in [0.1, 0.15) is 0 Å². The highest BCUT2D eigenvalue weighted by Crippen LogP contribution is 2.26. The molecule has 0 unspecified atom stereocenters. The van der Waals surface area contributed by atoms with Crippen LogP contribution in [-0.4, -0.2) is 18.5 Å². The molecule has 162 valence electrons. The summed E-state index contributed by atoms with van der Waals surface area (Å²) < 4.78 is 0. The van der Waals surface area contributed by atoms with Gasteiger partial charge in [0.2, 0.25) is 5.91 Å². The SMILES string of the molecule is C.CC.Cc1cc(NC(N)=O)ccc1N1CCCCC1=O.N#Cc1cccc(N)c1. The molecule has 3 rings (SSSR count). The van der Waals surface area contributed by atoms with E-state index in [1.54, 1.807) is 30.3 Å². The molecule has 0 saturated carbocycles. The highest BCUT2D eigenvalue weighted by molar-refractivity contribution is 5.95. The number of nitrogens with zero attached hydrogens (tertiary/aromatic N) is 2. The summed E-state index contributed by atoms with van der Waals surface area (Å²) in [5.41, 5.74) is 14.2. The van der Waals surface area contributed by atoms with E-state index in [9.17, 15) is 9.59 Å². The molecule has 0 atom stereocenters. The van der Waals surface area contributed by atoms with Crippen molar-refractivity contribution in [3.63, 3.8) is 0 Å². The van der Waals surface area contributed by atoms with Gasteiger partial charge in [-0.25, -0.2) is 4.79 Å². The predicted octanol–water partition coefficient (Wildman–Crippen LogP) is 4.81. The number of carbonyl (C=O) groups is 2. The van der Waals surface area contributed by atoms with Gasteiger partial charge in [-0.1, -0.05) is 27.3 Å². The van der Waals surface area contributed by atoms with E-state index < -0.39 is 6.03 Å². The minimum Gasteiger partial charge on any atom is -0.399 e. The molecule has 0 aliphatic carbocycles. The van der Waals surface area contributed by atoms with Gasteiger partial charge in [0.15, 0.2) is 0 Å². The number of amides is 3. The zero-order chi connectivity index (χ0) is 21.8. The van der Waals surface area contributed by atoms with E-state index >= 15 is 0 Å². The Morgan fingerprint density at radius 1 is 1.17 bits per heavy atom. The molecule has 1 heterocycles. The summed E-state index contributed by atoms with van der Waals surface area (Å²) in [5, 5.41) is 10.9. The first kappa shape index (κ1) is 26.5. The molecule has 7 nitrogen and oxygen atoms in total. The second-order valence-electron chi connectivity index (χ2n) is 6.23. The largest absolute Gasteiger partial charge is 0.399 e. The van der Waals surface area contributed by atoms with Crippen molar-refractivity contribution in [3.8, 4) is 6.07 Å². The maximum absolute atomic E-state index is 11.8. The number of rotatable bonds is 2. The normalized spacial score (nSPS) is 12.1. The monoisotopic (exact) mass is 411 g/mol. The van der Waals surface area contributed by atoms with Crippen molar-refractivity contribution in [2.45, 2.75) is 47.5 Å². The number of primary amides is 1. The van der Waals surface area contributed by atoms with E-state index in [0.717, 1.165) is 30.6 Å². The Hall–Kier alpha value is -3.53. The third-order valence-electron chi connectivity index (χ3n) is 4.09. The minimum atomic E-state index is -0.587. The van der Waals surface area contributed by atoms with Gasteiger partial charge in [-0.15, -0.1) is 0 Å². The number of hydrogen-bond acceptors (Lipinski definition) is 4. The lowest BCUT2D eigenvalue weighted by Crippen LogP contribution is -2.35. The lowest BCUT2D eigenvalue weighted by atomic mass is 10.1. The first-order valence-electron chi connectivity index (χ1n) is 9.64. The average molecular weight is 412 g/mol. The summed E-state index contributed by atoms with van der Waals surface area (Å²) in [4.78, 5) is 24.4. The molecule has 7 heteroatoms. The number of piperidine rings is 1. The maximum Gasteiger partial charge on any atom is 0.316 e. The molecular weight excluding hydrogens is 378 g/mol. The van der Waals surface area contributed by atoms with Crippen molar-refractivity contribution in [2.24, 2.45) is 5.73 Å². The van der Waals surface area contributed by atoms with Crippen molar-refractivity contribution in [1.82, 2.24) is 0 Å². The van der Waals surface area contributed by atoms with Crippen LogP contribution >= 0.6 is 0 Å². The molecular formula is C23H33N5O2. The van der Waals surface area contributed by atoms with Gasteiger partial charge >= 0.3 is 6.03 Å². The van der Waals surface area contributed by atoms with E-state index in [-0.39, 0.29) is 13.3 Å². The van der Waals surface area contributed by atoms with Crippen molar-refractivity contribution < 1.29 is 9.59 Å². The van der Waals surface area contributed by atoms with Crippen LogP contribution in [0.15, 0.2) is 42.5 Å². The van der Waals surface area contributed by atoms with E-state index in [4.69, 9.17) is 16.7 Å². The molecule has 1 aliphatic rings. The number of aryl methyl sites for hydroxylation is 1. The van der Waals surface area contributed by atoms with E-state index in [0.29, 0.717) is 23.4 Å². The third kappa shape index (κ3) is 8.23. The van der Waals surface area contributed by atoms with Crippen LogP contribution in [0.4, 0.5) is 21.9 Å². The van der Waals surface area contributed by atoms with Crippen LogP contribution in [0.2, 0.25) is 0 Å². The Balaban J connectivity index is 0.000000594. The van der Waals surface area contributed by atoms with Crippen molar-refractivity contribution in [3.05, 3.63) is 53.6 Å². The quantitative estimate of drug-likeness (QED) is 0.613. The fraction of sp³-hybridized carbons (Fsp3) is 0.348. The van der Waals surface area contributed by atoms with Gasteiger partial charge in [-0.05, 0) is 61.7 Å². The number of hydrogen-bond donors (Lipinski definition) is 3. The summed E-state index contributed by atoms with van der Waals surface area (Å²) in [6, 6.07) is 13.7. The van der Waals surface area contributed by atoms with E-state index in [1.165, 1.54) is 0 Å². The summed E-state index contributed by atoms with van der Waals surface area (Å²) in [6.07, 6.45) is 2.61. The van der Waals surface area contributed by atoms with Gasteiger partial charge in [0.25, 0.3) is 0 Å². The Labute approximate surface area is 179 Å². The topological polar surface area (TPSA) is 125 Å². The van der Waals surface area contributed by atoms with Crippen LogP contribution in [0, 0.1) is 18.3 Å². The van der Waals surface area contributed by atoms with Crippen molar-refractivity contribution in [1.29, 1.82) is 5.26 Å². The smallest absolute Gasteiger partial charge is 0.316 e. The molecule has 1 saturated heterocycles. The summed E-state index contributed by atoms with van der Waals surface area (Å²) in [7, 11) is 0. The molecule has 0 aromatic heterocycles. The molecule has 0 radical (unpaired) electrons. The Bertz CT molecular complexity index is 874. The van der Waals surface area contributed by atoms with E-state index in [1.807, 2.05) is 43.9 Å². The Kier molecular flexibility index (Phi) is 12.0. The molecule has 3 amide bonds. The average Bonchev–Trinajstić information content (AvgIpc) is 2.70. The Morgan fingerprint density at radius 2 is 1.87 bits per heavy atom. The van der Waals surface area contributed by atoms with Crippen LogP contribution < -0.4 is 21.7 Å². The number of nitrogen functional groups attached to an aromatic ring is 1. The van der Waals surface area contributed by atoms with Gasteiger partial charge in [-0.3, -0.25) is 4.79 Å². The molecule has 0 spiro atoms. The summed E-state index contributed by atoms with van der Waals surface area (Å²) in [6.45, 7) is 6.69. The number of urea groups is 1. The molecule has 30 heavy (non-hydrogen) atoms. The molecule has 2 aromatic carbocycles. The standard InChI is InChI=1S/C13H17N3O2.C7H6N2.C2H6.CH4/c1-9-8-10(15-13(14)18)5-6-11(9)16-7-3-2-4-12(16)17;8-5-6-2-1-3-7(9)4-6;1-2;/h5-6,8H,2-4,7H2,1H3,(H3,14,15,18);1-4H,9H2;1-2H3;1H4. The molecule has 1 aliphatic heterocycles. The zero-order valence-corrected chi connectivity index (χ0v) is 17.2. The van der Waals surface area contributed by atoms with Crippen LogP contribution in [-0.2, 0) is 4.79 Å². The van der Waals surface area contributed by atoms with Crippen molar-refractivity contribution >= 4 is 29.0 Å². The molecule has 1 fully saturated rings. The molecule has 0 bridgehead atoms. The first-order valence-corrected chi connectivity index (χ1v) is 9.64. The number of anilines is 3. The van der Waals surface area contributed by atoms with Crippen LogP contribution in [0.1, 0.15) is 51.7 Å². The number of nitrogens with one attached hydrogen (secondary N) is 1. The maximum atomic E-state index is 11.8. The van der Waals surface area contributed by atoms with Crippen LogP contribution in [0.3, 0.4) is 0 Å². The highest BCUT2D eigenvalue weighted by atomic mass is 16.2. The zero-order valence-electron chi connectivity index (χ0n) is 17.2. The van der Waals surface area contributed by atoms with Crippen LogP contribution in [0.25, 0.3) is 0 Å². The fourth-order valence-electron chi connectivity index (χ4n) is 2.85. The van der Waals surface area contributed by atoms with Gasteiger partial charge in [0, 0.05) is 30.0 Å². The Morgan fingerprint density at radius 3 is 2.37 bits per heavy atom. The van der Waals surface area contributed by atoms with Crippen LogP contribution in [0.5, 0.6) is 0 Å². The number of carbonyl (C=O) groups excluding carboxylic acids is 2. The van der Waals surface area contributed by atoms with Gasteiger partial charge < -0.3 is 21.7 Å². The second-order valence-corrected chi connectivity index (χ2v) is 6.23. The van der Waals surface area contributed by atoms with Crippen molar-refractivity contribution in [2.75, 3.05) is 22.5 Å². The summed E-state index contributed by atoms with van der Waals surface area (Å²) in [5.74, 6) is 0.167. The minimum absolute atomic E-state index is 0. The fourth-order valence-corrected chi connectivity index (χ4v) is 2.85. The number of benzene rings is 2. The number of nitriles is 1. The molecule has 5 N–H and O–H groups in total. The van der Waals surface area contributed by atoms with E-state index in [2.05, 4.69) is 5.32 Å². The summed E-state index contributed by atoms with van der Waals surface area (Å²) >= 11 is 0. The lowest BCUT2D eigenvalue weighted by molar-refractivity contribution is -0.119. The van der Waals surface area contributed by atoms with Gasteiger partial charge in [0.05, 0.1) is 11.6 Å². The number of nitrogens with two attached hydrogens (primary N) is 2. The van der Waals surface area contributed by atoms with Gasteiger partial charge in [-0.2, -0.15) is 5.26 Å². The third-order valence-corrected chi connectivity index (χ3v) is 4.09. The lowest BCUT2D eigenvalue weighted by Gasteiger charge is -2.28.